The van der Waals surface area contributed by atoms with Crippen molar-refractivity contribution in [2.75, 3.05) is 6.54 Å². The van der Waals surface area contributed by atoms with Gasteiger partial charge < -0.3 is 5.32 Å². The number of rotatable bonds is 3. The van der Waals surface area contributed by atoms with Crippen LogP contribution < -0.4 is 5.32 Å². The van der Waals surface area contributed by atoms with Crippen LogP contribution in [0.15, 0.2) is 47.6 Å². The quantitative estimate of drug-likeness (QED) is 0.864. The summed E-state index contributed by atoms with van der Waals surface area (Å²) >= 11 is 0. The van der Waals surface area contributed by atoms with E-state index in [0.29, 0.717) is 0 Å². The monoisotopic (exact) mass is 263 g/mol. The first-order valence-electron chi connectivity index (χ1n) is 6.80. The molecule has 3 rings (SSSR count). The van der Waals surface area contributed by atoms with Crippen molar-refractivity contribution in [1.82, 2.24) is 10.3 Å². The van der Waals surface area contributed by atoms with E-state index in [2.05, 4.69) is 46.3 Å². The fraction of sp³-hybridized carbons (Fsp3) is 0.176. The smallest absolute Gasteiger partial charge is 0.0700 e. The Bertz CT molecular complexity index is 645. The van der Waals surface area contributed by atoms with Crippen LogP contribution in [0.2, 0.25) is 0 Å². The second-order valence-electron chi connectivity index (χ2n) is 4.81. The minimum atomic E-state index is 0.846. The number of nitrogens with zero attached hydrogens (tertiary/aromatic N) is 2. The molecule has 1 aromatic carbocycles. The number of aromatic nitrogens is 1. The highest BCUT2D eigenvalue weighted by molar-refractivity contribution is 5.83. The van der Waals surface area contributed by atoms with E-state index in [-0.39, 0.29) is 0 Å². The molecule has 1 aliphatic rings. The third kappa shape index (κ3) is 2.53. The second-order valence-corrected chi connectivity index (χ2v) is 4.81. The molecule has 0 fully saturated rings. The first kappa shape index (κ1) is 12.8. The van der Waals surface area contributed by atoms with Gasteiger partial charge in [0.15, 0.2) is 0 Å². The molecule has 0 unspecified atom stereocenters. The Labute approximate surface area is 119 Å². The van der Waals surface area contributed by atoms with Gasteiger partial charge >= 0.3 is 0 Å². The van der Waals surface area contributed by atoms with Crippen molar-refractivity contribution in [3.8, 4) is 0 Å². The van der Waals surface area contributed by atoms with E-state index in [9.17, 15) is 0 Å². The Morgan fingerprint density at radius 3 is 2.90 bits per heavy atom. The van der Waals surface area contributed by atoms with Gasteiger partial charge in [-0.05, 0) is 43.0 Å². The molecular formula is C17H17N3. The SMILES string of the molecule is C=NC(=Cc1ccnc2c1CCNC2)c1ccccc1. The maximum Gasteiger partial charge on any atom is 0.0700 e. The van der Waals surface area contributed by atoms with Crippen molar-refractivity contribution in [2.45, 2.75) is 13.0 Å². The molecule has 3 nitrogen and oxygen atoms in total. The Hall–Kier alpha value is -2.26. The van der Waals surface area contributed by atoms with Crippen LogP contribution >= 0.6 is 0 Å². The number of benzene rings is 1. The minimum absolute atomic E-state index is 0.846. The van der Waals surface area contributed by atoms with Crippen molar-refractivity contribution in [3.63, 3.8) is 0 Å². The Kier molecular flexibility index (Phi) is 3.70. The summed E-state index contributed by atoms with van der Waals surface area (Å²) < 4.78 is 0. The fourth-order valence-electron chi connectivity index (χ4n) is 2.53. The summed E-state index contributed by atoms with van der Waals surface area (Å²) in [5.74, 6) is 0. The molecule has 2 aromatic rings. The van der Waals surface area contributed by atoms with Crippen LogP contribution in [0.3, 0.4) is 0 Å². The lowest BCUT2D eigenvalue weighted by molar-refractivity contribution is 0.626. The molecule has 0 amide bonds. The lowest BCUT2D eigenvalue weighted by Crippen LogP contribution is -2.25. The Morgan fingerprint density at radius 2 is 2.10 bits per heavy atom. The summed E-state index contributed by atoms with van der Waals surface area (Å²) in [7, 11) is 0. The molecule has 0 saturated heterocycles. The number of pyridine rings is 1. The topological polar surface area (TPSA) is 37.3 Å². The van der Waals surface area contributed by atoms with Gasteiger partial charge in [-0.2, -0.15) is 0 Å². The minimum Gasteiger partial charge on any atom is -0.311 e. The molecule has 20 heavy (non-hydrogen) atoms. The summed E-state index contributed by atoms with van der Waals surface area (Å²) in [6, 6.07) is 12.2. The maximum atomic E-state index is 4.45. The van der Waals surface area contributed by atoms with Crippen molar-refractivity contribution < 1.29 is 0 Å². The molecule has 1 aliphatic heterocycles. The van der Waals surface area contributed by atoms with Crippen molar-refractivity contribution in [3.05, 3.63) is 65.0 Å². The van der Waals surface area contributed by atoms with Gasteiger partial charge in [0.2, 0.25) is 0 Å². The zero-order valence-corrected chi connectivity index (χ0v) is 11.3. The predicted octanol–water partition coefficient (Wildman–Crippen LogP) is 2.93. The van der Waals surface area contributed by atoms with Gasteiger partial charge in [-0.15, -0.1) is 0 Å². The highest BCUT2D eigenvalue weighted by Crippen LogP contribution is 2.23. The lowest BCUT2D eigenvalue weighted by atomic mass is 9.98. The van der Waals surface area contributed by atoms with Crippen molar-refractivity contribution >= 4 is 18.5 Å². The van der Waals surface area contributed by atoms with Gasteiger partial charge in [0, 0.05) is 18.3 Å². The summed E-state index contributed by atoms with van der Waals surface area (Å²) in [6.45, 7) is 5.55. The Balaban J connectivity index is 2.04. The van der Waals surface area contributed by atoms with E-state index in [0.717, 1.165) is 36.5 Å². The molecule has 0 spiro atoms. The van der Waals surface area contributed by atoms with E-state index >= 15 is 0 Å². The average molecular weight is 263 g/mol. The van der Waals surface area contributed by atoms with Gasteiger partial charge in [0.25, 0.3) is 0 Å². The molecule has 3 heteroatoms. The first-order chi connectivity index (χ1) is 9.88. The summed E-state index contributed by atoms with van der Waals surface area (Å²) in [5, 5.41) is 3.35. The number of hydrogen-bond acceptors (Lipinski definition) is 3. The zero-order valence-electron chi connectivity index (χ0n) is 11.3. The van der Waals surface area contributed by atoms with E-state index in [4.69, 9.17) is 0 Å². The van der Waals surface area contributed by atoms with Crippen molar-refractivity contribution in [2.24, 2.45) is 4.99 Å². The van der Waals surface area contributed by atoms with E-state index in [1.807, 2.05) is 24.4 Å². The van der Waals surface area contributed by atoms with Gasteiger partial charge in [-0.3, -0.25) is 9.98 Å². The fourth-order valence-corrected chi connectivity index (χ4v) is 2.53. The molecule has 0 saturated carbocycles. The highest BCUT2D eigenvalue weighted by atomic mass is 14.9. The Morgan fingerprint density at radius 1 is 1.25 bits per heavy atom. The molecule has 100 valence electrons. The largest absolute Gasteiger partial charge is 0.311 e. The molecule has 0 radical (unpaired) electrons. The molecule has 1 N–H and O–H groups in total. The van der Waals surface area contributed by atoms with E-state index in [1.54, 1.807) is 0 Å². The third-order valence-electron chi connectivity index (χ3n) is 3.56. The lowest BCUT2D eigenvalue weighted by Gasteiger charge is -2.18. The number of nitrogens with one attached hydrogen (secondary N) is 1. The van der Waals surface area contributed by atoms with Crippen LogP contribution in [-0.2, 0) is 13.0 Å². The summed E-state index contributed by atoms with van der Waals surface area (Å²) in [5.41, 5.74) is 5.65. The van der Waals surface area contributed by atoms with Crippen LogP contribution in [0, 0.1) is 0 Å². The highest BCUT2D eigenvalue weighted by Gasteiger charge is 2.13. The maximum absolute atomic E-state index is 4.45. The molecule has 0 aliphatic carbocycles. The van der Waals surface area contributed by atoms with Crippen LogP contribution in [0.1, 0.15) is 22.4 Å². The normalized spacial score (nSPS) is 14.7. The predicted molar refractivity (Wildman–Crippen MR) is 83.5 cm³/mol. The van der Waals surface area contributed by atoms with Gasteiger partial charge in [0.1, 0.15) is 0 Å². The summed E-state index contributed by atoms with van der Waals surface area (Å²) in [6.07, 6.45) is 4.98. The van der Waals surface area contributed by atoms with Gasteiger partial charge in [-0.1, -0.05) is 30.3 Å². The van der Waals surface area contributed by atoms with Gasteiger partial charge in [-0.25, -0.2) is 0 Å². The first-order valence-corrected chi connectivity index (χ1v) is 6.80. The number of aliphatic imine (C=N–C) groups is 1. The standard InChI is InChI=1S/C17H17N3/c1-18-16(13-5-3-2-4-6-13)11-14-7-10-20-17-12-19-9-8-15(14)17/h2-7,10-11,19H,1,8-9,12H2. The number of fused-ring (bicyclic) bond motifs is 1. The van der Waals surface area contributed by atoms with Crippen LogP contribution in [0.4, 0.5) is 0 Å². The van der Waals surface area contributed by atoms with E-state index in [1.165, 1.54) is 11.1 Å². The van der Waals surface area contributed by atoms with Crippen molar-refractivity contribution in [1.29, 1.82) is 0 Å². The average Bonchev–Trinajstić information content (AvgIpc) is 2.53. The van der Waals surface area contributed by atoms with Crippen LogP contribution in [0.5, 0.6) is 0 Å². The van der Waals surface area contributed by atoms with Gasteiger partial charge in [0.05, 0.1) is 11.4 Å². The summed E-state index contributed by atoms with van der Waals surface area (Å²) in [4.78, 5) is 8.63. The molecule has 1 aromatic heterocycles. The third-order valence-corrected chi connectivity index (χ3v) is 3.56. The molecule has 0 atom stereocenters. The van der Waals surface area contributed by atoms with E-state index < -0.39 is 0 Å². The zero-order chi connectivity index (χ0) is 13.8. The molecule has 2 heterocycles. The molecular weight excluding hydrogens is 246 g/mol. The van der Waals surface area contributed by atoms with Crippen LogP contribution in [-0.4, -0.2) is 18.2 Å². The molecule has 0 bridgehead atoms. The van der Waals surface area contributed by atoms with Crippen LogP contribution in [0.25, 0.3) is 11.8 Å². The number of hydrogen-bond donors (Lipinski definition) is 1. The second kappa shape index (κ2) is 5.80.